The second-order valence-corrected chi connectivity index (χ2v) is 7.15. The SMILES string of the molecule is COC(=O)CCS(=O)(=O)N(C)C1CCCCC1CN. The summed E-state index contributed by atoms with van der Waals surface area (Å²) >= 11 is 0. The first-order valence-corrected chi connectivity index (χ1v) is 8.26. The molecule has 7 heteroatoms. The molecule has 0 aromatic heterocycles. The summed E-state index contributed by atoms with van der Waals surface area (Å²) in [7, 11) is -0.588. The van der Waals surface area contributed by atoms with Gasteiger partial charge in [0.25, 0.3) is 0 Å². The minimum Gasteiger partial charge on any atom is -0.469 e. The van der Waals surface area contributed by atoms with Gasteiger partial charge in [0.1, 0.15) is 0 Å². The van der Waals surface area contributed by atoms with Gasteiger partial charge < -0.3 is 10.5 Å². The van der Waals surface area contributed by atoms with E-state index in [0.29, 0.717) is 6.54 Å². The predicted octanol–water partition coefficient (Wildman–Crippen LogP) is 0.329. The number of rotatable bonds is 6. The van der Waals surface area contributed by atoms with Crippen molar-refractivity contribution in [2.24, 2.45) is 11.7 Å². The van der Waals surface area contributed by atoms with Crippen molar-refractivity contribution in [3.63, 3.8) is 0 Å². The van der Waals surface area contributed by atoms with E-state index in [1.54, 1.807) is 7.05 Å². The van der Waals surface area contributed by atoms with E-state index in [0.717, 1.165) is 25.7 Å². The molecular formula is C12H24N2O4S. The zero-order chi connectivity index (χ0) is 14.5. The number of ether oxygens (including phenoxy) is 1. The van der Waals surface area contributed by atoms with Crippen LogP contribution in [-0.4, -0.2) is 51.2 Å². The summed E-state index contributed by atoms with van der Waals surface area (Å²) in [5.74, 6) is -0.494. The molecule has 0 aromatic carbocycles. The summed E-state index contributed by atoms with van der Waals surface area (Å²) in [5, 5.41) is 0. The van der Waals surface area contributed by atoms with Crippen molar-refractivity contribution in [2.45, 2.75) is 38.1 Å². The molecule has 2 atom stereocenters. The van der Waals surface area contributed by atoms with Crippen LogP contribution in [0.4, 0.5) is 0 Å². The molecule has 1 aliphatic rings. The predicted molar refractivity (Wildman–Crippen MR) is 73.0 cm³/mol. The van der Waals surface area contributed by atoms with Crippen LogP contribution in [0.25, 0.3) is 0 Å². The fourth-order valence-corrected chi connectivity index (χ4v) is 4.01. The highest BCUT2D eigenvalue weighted by atomic mass is 32.2. The van der Waals surface area contributed by atoms with Gasteiger partial charge >= 0.3 is 5.97 Å². The zero-order valence-electron chi connectivity index (χ0n) is 11.7. The van der Waals surface area contributed by atoms with Crippen molar-refractivity contribution >= 4 is 16.0 Å². The molecule has 2 N–H and O–H groups in total. The van der Waals surface area contributed by atoms with Crippen LogP contribution in [0.5, 0.6) is 0 Å². The smallest absolute Gasteiger partial charge is 0.306 e. The number of esters is 1. The fraction of sp³-hybridized carbons (Fsp3) is 0.917. The second kappa shape index (κ2) is 7.21. The maximum Gasteiger partial charge on any atom is 0.306 e. The Kier molecular flexibility index (Phi) is 6.22. The first-order valence-electron chi connectivity index (χ1n) is 6.65. The maximum absolute atomic E-state index is 12.2. The van der Waals surface area contributed by atoms with Gasteiger partial charge in [-0.05, 0) is 25.3 Å². The van der Waals surface area contributed by atoms with E-state index in [-0.39, 0.29) is 24.1 Å². The first-order chi connectivity index (χ1) is 8.92. The topological polar surface area (TPSA) is 89.7 Å². The molecule has 1 rings (SSSR count). The Bertz CT molecular complexity index is 397. The number of methoxy groups -OCH3 is 1. The molecule has 6 nitrogen and oxygen atoms in total. The number of sulfonamides is 1. The molecule has 112 valence electrons. The molecule has 0 heterocycles. The molecule has 0 aliphatic heterocycles. The van der Waals surface area contributed by atoms with Crippen LogP contribution in [0.3, 0.4) is 0 Å². The fourth-order valence-electron chi connectivity index (χ4n) is 2.61. The van der Waals surface area contributed by atoms with Gasteiger partial charge in [-0.15, -0.1) is 0 Å². The van der Waals surface area contributed by atoms with Crippen LogP contribution in [0, 0.1) is 5.92 Å². The Hall–Kier alpha value is -0.660. The van der Waals surface area contributed by atoms with Gasteiger partial charge in [0.05, 0.1) is 19.3 Å². The normalized spacial score (nSPS) is 24.4. The standard InChI is InChI=1S/C12H24N2O4S/c1-14(11-6-4-3-5-10(11)9-13)19(16,17)8-7-12(15)18-2/h10-11H,3-9,13H2,1-2H3. The van der Waals surface area contributed by atoms with Gasteiger partial charge in [-0.25, -0.2) is 12.7 Å². The van der Waals surface area contributed by atoms with Crippen LogP contribution in [0.15, 0.2) is 0 Å². The molecule has 0 bridgehead atoms. The van der Waals surface area contributed by atoms with Crippen LogP contribution < -0.4 is 5.73 Å². The van der Waals surface area contributed by atoms with Crippen LogP contribution in [-0.2, 0) is 19.6 Å². The quantitative estimate of drug-likeness (QED) is 0.712. The third-order valence-electron chi connectivity index (χ3n) is 3.87. The Morgan fingerprint density at radius 3 is 2.58 bits per heavy atom. The van der Waals surface area contributed by atoms with Crippen LogP contribution in [0.1, 0.15) is 32.1 Å². The molecule has 0 aromatic rings. The van der Waals surface area contributed by atoms with E-state index in [1.165, 1.54) is 11.4 Å². The molecule has 1 fully saturated rings. The number of hydrogen-bond acceptors (Lipinski definition) is 5. The average molecular weight is 292 g/mol. The third-order valence-corrected chi connectivity index (χ3v) is 5.74. The maximum atomic E-state index is 12.2. The second-order valence-electron chi connectivity index (χ2n) is 5.01. The zero-order valence-corrected chi connectivity index (χ0v) is 12.5. The number of carbonyl (C=O) groups is 1. The Balaban J connectivity index is 2.68. The molecule has 2 unspecified atom stereocenters. The third kappa shape index (κ3) is 4.43. The molecule has 0 saturated heterocycles. The molecule has 0 amide bonds. The summed E-state index contributed by atoms with van der Waals surface area (Å²) in [4.78, 5) is 11.1. The summed E-state index contributed by atoms with van der Waals surface area (Å²) in [6, 6.07) is -0.0404. The van der Waals surface area contributed by atoms with Crippen molar-refractivity contribution in [3.05, 3.63) is 0 Å². The van der Waals surface area contributed by atoms with Crippen LogP contribution >= 0.6 is 0 Å². The minimum absolute atomic E-state index is 0.0404. The lowest BCUT2D eigenvalue weighted by Gasteiger charge is -2.36. The summed E-state index contributed by atoms with van der Waals surface area (Å²) in [5.41, 5.74) is 5.72. The van der Waals surface area contributed by atoms with Gasteiger partial charge in [-0.1, -0.05) is 12.8 Å². The van der Waals surface area contributed by atoms with Crippen molar-refractivity contribution in [2.75, 3.05) is 26.5 Å². The summed E-state index contributed by atoms with van der Waals surface area (Å²) < 4.78 is 30.3. The molecule has 1 aliphatic carbocycles. The first kappa shape index (κ1) is 16.4. The molecule has 0 radical (unpaired) electrons. The van der Waals surface area contributed by atoms with E-state index in [2.05, 4.69) is 4.74 Å². The Morgan fingerprint density at radius 2 is 2.00 bits per heavy atom. The lowest BCUT2D eigenvalue weighted by Crippen LogP contribution is -2.46. The lowest BCUT2D eigenvalue weighted by atomic mass is 9.85. The van der Waals surface area contributed by atoms with Crippen molar-refractivity contribution in [1.82, 2.24) is 4.31 Å². The number of carbonyl (C=O) groups excluding carboxylic acids is 1. The number of hydrogen-bond donors (Lipinski definition) is 1. The van der Waals surface area contributed by atoms with E-state index in [1.807, 2.05) is 0 Å². The van der Waals surface area contributed by atoms with Gasteiger partial charge in [0.2, 0.25) is 10.0 Å². The largest absolute Gasteiger partial charge is 0.469 e. The minimum atomic E-state index is -3.43. The molecular weight excluding hydrogens is 268 g/mol. The summed E-state index contributed by atoms with van der Waals surface area (Å²) in [6.45, 7) is 0.502. The lowest BCUT2D eigenvalue weighted by molar-refractivity contribution is -0.140. The number of nitrogens with two attached hydrogens (primary N) is 1. The van der Waals surface area contributed by atoms with Gasteiger partial charge in [0, 0.05) is 13.1 Å². The van der Waals surface area contributed by atoms with Crippen molar-refractivity contribution < 1.29 is 17.9 Å². The van der Waals surface area contributed by atoms with E-state index in [9.17, 15) is 13.2 Å². The Labute approximate surface area is 115 Å². The van der Waals surface area contributed by atoms with Gasteiger partial charge in [0.15, 0.2) is 0 Å². The van der Waals surface area contributed by atoms with E-state index < -0.39 is 16.0 Å². The highest BCUT2D eigenvalue weighted by Crippen LogP contribution is 2.28. The average Bonchev–Trinajstić information content (AvgIpc) is 2.43. The van der Waals surface area contributed by atoms with Gasteiger partial charge in [-0.2, -0.15) is 0 Å². The number of nitrogens with zero attached hydrogens (tertiary/aromatic N) is 1. The van der Waals surface area contributed by atoms with Crippen molar-refractivity contribution in [1.29, 1.82) is 0 Å². The molecule has 0 spiro atoms. The highest BCUT2D eigenvalue weighted by Gasteiger charge is 2.33. The summed E-state index contributed by atoms with van der Waals surface area (Å²) in [6.07, 6.45) is 3.84. The van der Waals surface area contributed by atoms with E-state index in [4.69, 9.17) is 5.73 Å². The van der Waals surface area contributed by atoms with Gasteiger partial charge in [-0.3, -0.25) is 4.79 Å². The van der Waals surface area contributed by atoms with Crippen LogP contribution in [0.2, 0.25) is 0 Å². The highest BCUT2D eigenvalue weighted by molar-refractivity contribution is 7.89. The monoisotopic (exact) mass is 292 g/mol. The van der Waals surface area contributed by atoms with Crippen molar-refractivity contribution in [3.8, 4) is 0 Å². The Morgan fingerprint density at radius 1 is 1.37 bits per heavy atom. The van der Waals surface area contributed by atoms with E-state index >= 15 is 0 Å². The molecule has 1 saturated carbocycles. The molecule has 19 heavy (non-hydrogen) atoms.